The maximum absolute atomic E-state index is 13.7. The quantitative estimate of drug-likeness (QED) is 0.781. The summed E-state index contributed by atoms with van der Waals surface area (Å²) in [4.78, 5) is 38.1. The molecule has 0 aliphatic rings. The van der Waals surface area contributed by atoms with Crippen molar-refractivity contribution in [2.45, 2.75) is 13.1 Å². The number of aromatic amines is 1. The van der Waals surface area contributed by atoms with E-state index in [4.69, 9.17) is 0 Å². The lowest BCUT2D eigenvalue weighted by molar-refractivity contribution is -0.131. The molecular formula is C18H16FN3O3. The average Bonchev–Trinajstić information content (AvgIpc) is 2.61. The molecule has 7 heteroatoms. The highest BCUT2D eigenvalue weighted by Gasteiger charge is 2.15. The molecule has 0 atom stereocenters. The molecule has 128 valence electrons. The van der Waals surface area contributed by atoms with Crippen LogP contribution in [-0.4, -0.2) is 27.6 Å². The molecule has 3 aromatic rings. The zero-order valence-electron chi connectivity index (χ0n) is 13.5. The van der Waals surface area contributed by atoms with Gasteiger partial charge in [-0.3, -0.25) is 19.5 Å². The first kappa shape index (κ1) is 16.6. The SMILES string of the molecule is CN(Cc1ccccc1F)C(=O)Cn1[nH]c(=O)c2ccccc2c1=O. The van der Waals surface area contributed by atoms with Crippen molar-refractivity contribution < 1.29 is 9.18 Å². The van der Waals surface area contributed by atoms with Crippen molar-refractivity contribution in [3.8, 4) is 0 Å². The molecule has 25 heavy (non-hydrogen) atoms. The highest BCUT2D eigenvalue weighted by molar-refractivity contribution is 5.81. The Bertz CT molecular complexity index is 1060. The molecule has 0 fully saturated rings. The fourth-order valence-corrected chi connectivity index (χ4v) is 2.58. The summed E-state index contributed by atoms with van der Waals surface area (Å²) in [6, 6.07) is 12.6. The van der Waals surface area contributed by atoms with Crippen LogP contribution in [0.25, 0.3) is 10.8 Å². The largest absolute Gasteiger partial charge is 0.340 e. The number of amides is 1. The lowest BCUT2D eigenvalue weighted by atomic mass is 10.2. The molecule has 1 aromatic heterocycles. The Balaban J connectivity index is 1.85. The molecule has 0 radical (unpaired) electrons. The summed E-state index contributed by atoms with van der Waals surface area (Å²) in [5, 5.41) is 2.93. The van der Waals surface area contributed by atoms with E-state index in [1.165, 1.54) is 24.1 Å². The Morgan fingerprint density at radius 1 is 1.08 bits per heavy atom. The summed E-state index contributed by atoms with van der Waals surface area (Å²) in [7, 11) is 1.51. The van der Waals surface area contributed by atoms with Crippen LogP contribution in [0.4, 0.5) is 4.39 Å². The number of likely N-dealkylation sites (N-methyl/N-ethyl adjacent to an activating group) is 1. The van der Waals surface area contributed by atoms with Gasteiger partial charge in [0.2, 0.25) is 5.91 Å². The third-order valence-corrected chi connectivity index (χ3v) is 3.97. The number of rotatable bonds is 4. The normalized spacial score (nSPS) is 10.8. The molecule has 0 aliphatic heterocycles. The molecule has 6 nitrogen and oxygen atoms in total. The van der Waals surface area contributed by atoms with Gasteiger partial charge in [0.05, 0.1) is 10.8 Å². The predicted octanol–water partition coefficient (Wildman–Crippen LogP) is 1.49. The standard InChI is InChI=1S/C18H16FN3O3/c1-21(10-12-6-2-5-9-15(12)19)16(23)11-22-18(25)14-8-4-3-7-13(14)17(24)20-22/h2-9H,10-11H2,1H3,(H,20,24). The molecule has 1 heterocycles. The molecule has 3 rings (SSSR count). The van der Waals surface area contributed by atoms with Crippen molar-refractivity contribution in [1.82, 2.24) is 14.7 Å². The first-order valence-corrected chi connectivity index (χ1v) is 7.66. The zero-order valence-corrected chi connectivity index (χ0v) is 13.5. The lowest BCUT2D eigenvalue weighted by Crippen LogP contribution is -2.37. The summed E-state index contributed by atoms with van der Waals surface area (Å²) in [5.74, 6) is -0.824. The second-order valence-electron chi connectivity index (χ2n) is 5.72. The van der Waals surface area contributed by atoms with Gasteiger partial charge in [-0.15, -0.1) is 0 Å². The van der Waals surface area contributed by atoms with Crippen LogP contribution in [0.1, 0.15) is 5.56 Å². The number of halogens is 1. The monoisotopic (exact) mass is 341 g/mol. The molecule has 1 N–H and O–H groups in total. The number of hydrogen-bond acceptors (Lipinski definition) is 3. The van der Waals surface area contributed by atoms with Crippen LogP contribution >= 0.6 is 0 Å². The van der Waals surface area contributed by atoms with Gasteiger partial charge in [-0.05, 0) is 18.2 Å². The van der Waals surface area contributed by atoms with Crippen molar-refractivity contribution in [3.63, 3.8) is 0 Å². The van der Waals surface area contributed by atoms with E-state index in [2.05, 4.69) is 5.10 Å². The van der Waals surface area contributed by atoms with Crippen LogP contribution in [-0.2, 0) is 17.9 Å². The fourth-order valence-electron chi connectivity index (χ4n) is 2.58. The predicted molar refractivity (Wildman–Crippen MR) is 91.7 cm³/mol. The second kappa shape index (κ2) is 6.72. The van der Waals surface area contributed by atoms with Gasteiger partial charge in [-0.1, -0.05) is 30.3 Å². The maximum atomic E-state index is 13.7. The van der Waals surface area contributed by atoms with E-state index in [-0.39, 0.29) is 23.9 Å². The molecular weight excluding hydrogens is 325 g/mol. The van der Waals surface area contributed by atoms with Gasteiger partial charge in [-0.2, -0.15) is 0 Å². The molecule has 0 bridgehead atoms. The minimum Gasteiger partial charge on any atom is -0.340 e. The number of nitrogens with one attached hydrogen (secondary N) is 1. The van der Waals surface area contributed by atoms with Crippen molar-refractivity contribution in [3.05, 3.63) is 80.6 Å². The Labute approximate surface area is 142 Å². The second-order valence-corrected chi connectivity index (χ2v) is 5.72. The first-order chi connectivity index (χ1) is 12.0. The molecule has 0 unspecified atom stereocenters. The topological polar surface area (TPSA) is 75.2 Å². The summed E-state index contributed by atoms with van der Waals surface area (Å²) < 4.78 is 14.7. The molecule has 1 amide bonds. The average molecular weight is 341 g/mol. The van der Waals surface area contributed by atoms with Crippen LogP contribution in [0.5, 0.6) is 0 Å². The van der Waals surface area contributed by atoms with Crippen LogP contribution in [0, 0.1) is 5.82 Å². The van der Waals surface area contributed by atoms with Crippen molar-refractivity contribution in [1.29, 1.82) is 0 Å². The van der Waals surface area contributed by atoms with Gasteiger partial charge < -0.3 is 4.90 Å². The number of fused-ring (bicyclic) bond motifs is 1. The van der Waals surface area contributed by atoms with E-state index in [1.54, 1.807) is 36.4 Å². The summed E-state index contributed by atoms with van der Waals surface area (Å²) in [5.41, 5.74) is -0.527. The fraction of sp³-hybridized carbons (Fsp3) is 0.167. The minimum atomic E-state index is -0.456. The lowest BCUT2D eigenvalue weighted by Gasteiger charge is -2.18. The summed E-state index contributed by atoms with van der Waals surface area (Å²) in [6.45, 7) is -0.262. The van der Waals surface area contributed by atoms with Crippen LogP contribution in [0.3, 0.4) is 0 Å². The Kier molecular flexibility index (Phi) is 4.47. The number of H-pyrrole nitrogens is 1. The smallest absolute Gasteiger partial charge is 0.273 e. The maximum Gasteiger partial charge on any atom is 0.273 e. The number of aromatic nitrogens is 2. The minimum absolute atomic E-state index is 0.0675. The molecule has 0 saturated carbocycles. The van der Waals surface area contributed by atoms with E-state index in [0.717, 1.165) is 4.68 Å². The van der Waals surface area contributed by atoms with Gasteiger partial charge in [0.25, 0.3) is 11.1 Å². The molecule has 0 saturated heterocycles. The number of benzene rings is 2. The molecule has 2 aromatic carbocycles. The van der Waals surface area contributed by atoms with E-state index < -0.39 is 22.8 Å². The van der Waals surface area contributed by atoms with Gasteiger partial charge in [-0.25, -0.2) is 9.07 Å². The van der Waals surface area contributed by atoms with E-state index in [0.29, 0.717) is 5.56 Å². The Hall–Kier alpha value is -3.22. The number of hydrogen-bond donors (Lipinski definition) is 1. The van der Waals surface area contributed by atoms with Gasteiger partial charge >= 0.3 is 0 Å². The van der Waals surface area contributed by atoms with Gasteiger partial charge in [0.1, 0.15) is 12.4 Å². The number of carbonyl (C=O) groups is 1. The van der Waals surface area contributed by atoms with E-state index >= 15 is 0 Å². The Morgan fingerprint density at radius 2 is 1.72 bits per heavy atom. The first-order valence-electron chi connectivity index (χ1n) is 7.66. The van der Waals surface area contributed by atoms with Crippen molar-refractivity contribution in [2.75, 3.05) is 7.05 Å². The van der Waals surface area contributed by atoms with Crippen LogP contribution in [0.2, 0.25) is 0 Å². The van der Waals surface area contributed by atoms with Crippen molar-refractivity contribution >= 4 is 16.7 Å². The highest BCUT2D eigenvalue weighted by atomic mass is 19.1. The molecule has 0 aliphatic carbocycles. The van der Waals surface area contributed by atoms with Gasteiger partial charge in [0.15, 0.2) is 0 Å². The Morgan fingerprint density at radius 3 is 2.44 bits per heavy atom. The third-order valence-electron chi connectivity index (χ3n) is 3.97. The number of nitrogens with zero attached hydrogens (tertiary/aromatic N) is 2. The summed E-state index contributed by atoms with van der Waals surface area (Å²) in [6.07, 6.45) is 0. The number of carbonyl (C=O) groups excluding carboxylic acids is 1. The third kappa shape index (κ3) is 3.35. The van der Waals surface area contributed by atoms with Crippen molar-refractivity contribution in [2.24, 2.45) is 0 Å². The van der Waals surface area contributed by atoms with E-state index in [9.17, 15) is 18.8 Å². The van der Waals surface area contributed by atoms with Crippen LogP contribution < -0.4 is 11.1 Å². The molecule has 0 spiro atoms. The van der Waals surface area contributed by atoms with Gasteiger partial charge in [0, 0.05) is 19.2 Å². The summed E-state index contributed by atoms with van der Waals surface area (Å²) >= 11 is 0. The zero-order chi connectivity index (χ0) is 18.0. The van der Waals surface area contributed by atoms with Crippen LogP contribution in [0.15, 0.2) is 58.1 Å². The highest BCUT2D eigenvalue weighted by Crippen LogP contribution is 2.09. The van der Waals surface area contributed by atoms with E-state index in [1.807, 2.05) is 0 Å².